The highest BCUT2D eigenvalue weighted by molar-refractivity contribution is 6.32. The van der Waals surface area contributed by atoms with Gasteiger partial charge in [-0.3, -0.25) is 9.78 Å². The molecule has 1 heterocycles. The molecule has 1 amide bonds. The van der Waals surface area contributed by atoms with Crippen LogP contribution in [0.3, 0.4) is 0 Å². The standard InChI is InChI=1S/C11H10ClN3O/c12-8-4-7-2-1-3-14-11(7)9(5-8)15-10(16)6-13/h1-5H,6,13H2,(H,15,16). The van der Waals surface area contributed by atoms with Gasteiger partial charge in [0.05, 0.1) is 17.7 Å². The van der Waals surface area contributed by atoms with Crippen LogP contribution in [0.4, 0.5) is 5.69 Å². The molecule has 0 atom stereocenters. The number of benzene rings is 1. The van der Waals surface area contributed by atoms with Gasteiger partial charge in [-0.25, -0.2) is 0 Å². The Kier molecular flexibility index (Phi) is 3.03. The van der Waals surface area contributed by atoms with Crippen LogP contribution >= 0.6 is 11.6 Å². The number of amides is 1. The molecule has 1 aromatic carbocycles. The molecular formula is C11H10ClN3O. The van der Waals surface area contributed by atoms with Gasteiger partial charge in [0.1, 0.15) is 0 Å². The van der Waals surface area contributed by atoms with Crippen LogP contribution in [0.25, 0.3) is 10.9 Å². The quantitative estimate of drug-likeness (QED) is 0.834. The van der Waals surface area contributed by atoms with E-state index in [4.69, 9.17) is 17.3 Å². The van der Waals surface area contributed by atoms with Crippen LogP contribution in [0.5, 0.6) is 0 Å². The van der Waals surface area contributed by atoms with Gasteiger partial charge in [-0.05, 0) is 18.2 Å². The first kappa shape index (κ1) is 10.9. The smallest absolute Gasteiger partial charge is 0.238 e. The molecule has 82 valence electrons. The van der Waals surface area contributed by atoms with Gasteiger partial charge in [0.25, 0.3) is 0 Å². The molecule has 5 heteroatoms. The van der Waals surface area contributed by atoms with Crippen molar-refractivity contribution < 1.29 is 4.79 Å². The summed E-state index contributed by atoms with van der Waals surface area (Å²) in [5.41, 5.74) is 6.52. The zero-order chi connectivity index (χ0) is 11.5. The summed E-state index contributed by atoms with van der Waals surface area (Å²) in [4.78, 5) is 15.4. The lowest BCUT2D eigenvalue weighted by molar-refractivity contribution is -0.114. The fourth-order valence-electron chi connectivity index (χ4n) is 1.45. The number of carbonyl (C=O) groups excluding carboxylic acids is 1. The SMILES string of the molecule is NCC(=O)Nc1cc(Cl)cc2cccnc12. The summed E-state index contributed by atoms with van der Waals surface area (Å²) in [5.74, 6) is -0.269. The van der Waals surface area contributed by atoms with E-state index < -0.39 is 0 Å². The normalized spacial score (nSPS) is 10.4. The topological polar surface area (TPSA) is 68.0 Å². The Balaban J connectivity index is 2.54. The molecule has 2 rings (SSSR count). The van der Waals surface area contributed by atoms with Crippen molar-refractivity contribution in [1.82, 2.24) is 4.98 Å². The summed E-state index contributed by atoms with van der Waals surface area (Å²) >= 11 is 5.94. The number of nitrogens with two attached hydrogens (primary N) is 1. The first-order valence-corrected chi connectivity index (χ1v) is 5.12. The summed E-state index contributed by atoms with van der Waals surface area (Å²) < 4.78 is 0. The van der Waals surface area contributed by atoms with Gasteiger partial charge in [0.15, 0.2) is 0 Å². The zero-order valence-corrected chi connectivity index (χ0v) is 9.16. The van der Waals surface area contributed by atoms with Crippen LogP contribution in [0, 0.1) is 0 Å². The van der Waals surface area contributed by atoms with Crippen molar-refractivity contribution in [2.75, 3.05) is 11.9 Å². The minimum Gasteiger partial charge on any atom is -0.323 e. The van der Waals surface area contributed by atoms with Crippen molar-refractivity contribution in [2.45, 2.75) is 0 Å². The monoisotopic (exact) mass is 235 g/mol. The van der Waals surface area contributed by atoms with Gasteiger partial charge < -0.3 is 11.1 Å². The lowest BCUT2D eigenvalue weighted by atomic mass is 10.2. The highest BCUT2D eigenvalue weighted by Gasteiger charge is 2.06. The maximum absolute atomic E-state index is 11.2. The van der Waals surface area contributed by atoms with Crippen molar-refractivity contribution >= 4 is 34.1 Å². The third-order valence-electron chi connectivity index (χ3n) is 2.13. The van der Waals surface area contributed by atoms with Crippen LogP contribution in [-0.4, -0.2) is 17.4 Å². The molecule has 0 radical (unpaired) electrons. The van der Waals surface area contributed by atoms with E-state index in [1.165, 1.54) is 0 Å². The third-order valence-corrected chi connectivity index (χ3v) is 2.35. The molecule has 16 heavy (non-hydrogen) atoms. The fraction of sp³-hybridized carbons (Fsp3) is 0.0909. The van der Waals surface area contributed by atoms with E-state index in [0.717, 1.165) is 5.39 Å². The number of carbonyl (C=O) groups is 1. The van der Waals surface area contributed by atoms with E-state index in [-0.39, 0.29) is 12.5 Å². The second-order valence-corrected chi connectivity index (χ2v) is 3.72. The zero-order valence-electron chi connectivity index (χ0n) is 8.40. The molecular weight excluding hydrogens is 226 g/mol. The summed E-state index contributed by atoms with van der Waals surface area (Å²) in [7, 11) is 0. The average Bonchev–Trinajstić information content (AvgIpc) is 2.28. The predicted octanol–water partition coefficient (Wildman–Crippen LogP) is 1.79. The Hall–Kier alpha value is -1.65. The number of rotatable bonds is 2. The van der Waals surface area contributed by atoms with Gasteiger partial charge >= 0.3 is 0 Å². The van der Waals surface area contributed by atoms with E-state index in [2.05, 4.69) is 10.3 Å². The molecule has 0 fully saturated rings. The highest BCUT2D eigenvalue weighted by atomic mass is 35.5. The Morgan fingerprint density at radius 1 is 1.50 bits per heavy atom. The summed E-state index contributed by atoms with van der Waals surface area (Å²) in [6, 6.07) is 7.14. The van der Waals surface area contributed by atoms with Crippen molar-refractivity contribution in [3.63, 3.8) is 0 Å². The highest BCUT2D eigenvalue weighted by Crippen LogP contribution is 2.25. The van der Waals surface area contributed by atoms with Gasteiger partial charge in [0.2, 0.25) is 5.91 Å². The lowest BCUT2D eigenvalue weighted by Crippen LogP contribution is -2.22. The second-order valence-electron chi connectivity index (χ2n) is 3.28. The van der Waals surface area contributed by atoms with E-state index in [0.29, 0.717) is 16.2 Å². The third kappa shape index (κ3) is 2.13. The number of pyridine rings is 1. The summed E-state index contributed by atoms with van der Waals surface area (Å²) in [5, 5.41) is 4.09. The fourth-order valence-corrected chi connectivity index (χ4v) is 1.68. The van der Waals surface area contributed by atoms with E-state index >= 15 is 0 Å². The van der Waals surface area contributed by atoms with E-state index in [9.17, 15) is 4.79 Å². The molecule has 0 saturated carbocycles. The maximum Gasteiger partial charge on any atom is 0.238 e. The molecule has 4 nitrogen and oxygen atoms in total. The average molecular weight is 236 g/mol. The first-order chi connectivity index (χ1) is 7.70. The van der Waals surface area contributed by atoms with Crippen LogP contribution < -0.4 is 11.1 Å². The number of hydrogen-bond acceptors (Lipinski definition) is 3. The number of anilines is 1. The number of nitrogens with zero attached hydrogens (tertiary/aromatic N) is 1. The van der Waals surface area contributed by atoms with Crippen LogP contribution in [0.1, 0.15) is 0 Å². The van der Waals surface area contributed by atoms with E-state index in [1.54, 1.807) is 18.3 Å². The summed E-state index contributed by atoms with van der Waals surface area (Å²) in [6.45, 7) is -0.0686. The minimum atomic E-state index is -0.269. The number of fused-ring (bicyclic) bond motifs is 1. The van der Waals surface area contributed by atoms with E-state index in [1.807, 2.05) is 12.1 Å². The van der Waals surface area contributed by atoms with Crippen molar-refractivity contribution in [3.8, 4) is 0 Å². The first-order valence-electron chi connectivity index (χ1n) is 4.75. The van der Waals surface area contributed by atoms with Crippen molar-refractivity contribution in [3.05, 3.63) is 35.5 Å². The maximum atomic E-state index is 11.2. The van der Waals surface area contributed by atoms with Crippen molar-refractivity contribution in [2.24, 2.45) is 5.73 Å². The minimum absolute atomic E-state index is 0.0686. The number of nitrogens with one attached hydrogen (secondary N) is 1. The molecule has 2 aromatic rings. The Morgan fingerprint density at radius 2 is 2.31 bits per heavy atom. The second kappa shape index (κ2) is 4.47. The predicted molar refractivity (Wildman–Crippen MR) is 64.4 cm³/mol. The molecule has 0 aliphatic heterocycles. The lowest BCUT2D eigenvalue weighted by Gasteiger charge is -2.07. The van der Waals surface area contributed by atoms with Gasteiger partial charge in [-0.1, -0.05) is 17.7 Å². The number of halogens is 1. The number of aromatic nitrogens is 1. The molecule has 0 unspecified atom stereocenters. The molecule has 0 saturated heterocycles. The van der Waals surface area contributed by atoms with Crippen LogP contribution in [0.2, 0.25) is 5.02 Å². The van der Waals surface area contributed by atoms with Crippen LogP contribution in [0.15, 0.2) is 30.5 Å². The Bertz CT molecular complexity index is 542. The molecule has 0 bridgehead atoms. The van der Waals surface area contributed by atoms with Gasteiger partial charge in [0, 0.05) is 16.6 Å². The Labute approximate surface area is 97.4 Å². The Morgan fingerprint density at radius 3 is 3.06 bits per heavy atom. The summed E-state index contributed by atoms with van der Waals surface area (Å²) in [6.07, 6.45) is 1.66. The van der Waals surface area contributed by atoms with Crippen LogP contribution in [-0.2, 0) is 4.79 Å². The molecule has 3 N–H and O–H groups in total. The molecule has 0 aliphatic carbocycles. The largest absolute Gasteiger partial charge is 0.323 e. The molecule has 0 spiro atoms. The molecule has 0 aliphatic rings. The number of hydrogen-bond donors (Lipinski definition) is 2. The van der Waals surface area contributed by atoms with Crippen molar-refractivity contribution in [1.29, 1.82) is 0 Å². The molecule has 1 aromatic heterocycles. The van der Waals surface area contributed by atoms with Gasteiger partial charge in [-0.15, -0.1) is 0 Å². The van der Waals surface area contributed by atoms with Gasteiger partial charge in [-0.2, -0.15) is 0 Å².